The summed E-state index contributed by atoms with van der Waals surface area (Å²) in [5.74, 6) is 2.32. The van der Waals surface area contributed by atoms with Crippen LogP contribution in [-0.2, 0) is 12.8 Å². The Morgan fingerprint density at radius 3 is 2.69 bits per heavy atom. The van der Waals surface area contributed by atoms with Crippen molar-refractivity contribution in [3.8, 4) is 0 Å². The molecule has 0 saturated carbocycles. The Morgan fingerprint density at radius 2 is 2.08 bits per heavy atom. The molecule has 1 aromatic heterocycles. The lowest BCUT2D eigenvalue weighted by Crippen LogP contribution is -2.03. The SMILES string of the molecule is CC.CCc1nnc2n1C(C)CC2. The third kappa shape index (κ3) is 1.74. The van der Waals surface area contributed by atoms with Crippen molar-refractivity contribution in [3.63, 3.8) is 0 Å². The average molecular weight is 181 g/mol. The van der Waals surface area contributed by atoms with E-state index in [1.807, 2.05) is 13.8 Å². The highest BCUT2D eigenvalue weighted by atomic mass is 15.3. The highest BCUT2D eigenvalue weighted by Gasteiger charge is 2.22. The number of fused-ring (bicyclic) bond motifs is 1. The van der Waals surface area contributed by atoms with Crippen LogP contribution in [0.5, 0.6) is 0 Å². The zero-order chi connectivity index (χ0) is 9.84. The van der Waals surface area contributed by atoms with Crippen molar-refractivity contribution in [2.75, 3.05) is 0 Å². The van der Waals surface area contributed by atoms with Crippen molar-refractivity contribution in [2.45, 2.75) is 53.0 Å². The normalized spacial score (nSPS) is 19.2. The van der Waals surface area contributed by atoms with Crippen molar-refractivity contribution in [1.82, 2.24) is 14.8 Å². The maximum Gasteiger partial charge on any atom is 0.133 e. The number of nitrogens with zero attached hydrogens (tertiary/aromatic N) is 3. The molecule has 0 saturated heterocycles. The Kier molecular flexibility index (Phi) is 3.46. The van der Waals surface area contributed by atoms with Gasteiger partial charge in [-0.05, 0) is 13.3 Å². The molecular formula is C10H19N3. The van der Waals surface area contributed by atoms with Crippen molar-refractivity contribution < 1.29 is 0 Å². The molecule has 0 aromatic carbocycles. The van der Waals surface area contributed by atoms with E-state index in [1.54, 1.807) is 0 Å². The van der Waals surface area contributed by atoms with Crippen molar-refractivity contribution >= 4 is 0 Å². The molecule has 0 N–H and O–H groups in total. The van der Waals surface area contributed by atoms with Gasteiger partial charge in [0.15, 0.2) is 0 Å². The molecular weight excluding hydrogens is 162 g/mol. The molecule has 3 nitrogen and oxygen atoms in total. The summed E-state index contributed by atoms with van der Waals surface area (Å²) in [4.78, 5) is 0. The van der Waals surface area contributed by atoms with Gasteiger partial charge in [-0.1, -0.05) is 20.8 Å². The van der Waals surface area contributed by atoms with Gasteiger partial charge < -0.3 is 4.57 Å². The lowest BCUT2D eigenvalue weighted by molar-refractivity contribution is 0.554. The first-order valence-electron chi connectivity index (χ1n) is 5.25. The molecule has 1 aliphatic heterocycles. The van der Waals surface area contributed by atoms with Crippen LogP contribution in [0.4, 0.5) is 0 Å². The zero-order valence-electron chi connectivity index (χ0n) is 9.04. The topological polar surface area (TPSA) is 30.7 Å². The molecule has 0 aliphatic carbocycles. The summed E-state index contributed by atoms with van der Waals surface area (Å²) >= 11 is 0. The molecule has 0 amide bonds. The molecule has 2 rings (SSSR count). The Balaban J connectivity index is 0.000000396. The molecule has 1 atom stereocenters. The lowest BCUT2D eigenvalue weighted by Gasteiger charge is -2.06. The quantitative estimate of drug-likeness (QED) is 0.666. The van der Waals surface area contributed by atoms with E-state index >= 15 is 0 Å². The van der Waals surface area contributed by atoms with E-state index in [0.717, 1.165) is 18.7 Å². The van der Waals surface area contributed by atoms with Crippen LogP contribution < -0.4 is 0 Å². The van der Waals surface area contributed by atoms with E-state index in [1.165, 1.54) is 12.2 Å². The van der Waals surface area contributed by atoms with Gasteiger partial charge in [-0.15, -0.1) is 10.2 Å². The Bertz CT molecular complexity index is 265. The predicted molar refractivity (Wildman–Crippen MR) is 53.8 cm³/mol. The van der Waals surface area contributed by atoms with Crippen molar-refractivity contribution in [1.29, 1.82) is 0 Å². The van der Waals surface area contributed by atoms with Gasteiger partial charge in [-0.3, -0.25) is 0 Å². The maximum absolute atomic E-state index is 4.13. The van der Waals surface area contributed by atoms with Crippen LogP contribution in [0.2, 0.25) is 0 Å². The fourth-order valence-electron chi connectivity index (χ4n) is 1.75. The molecule has 1 unspecified atom stereocenters. The summed E-state index contributed by atoms with van der Waals surface area (Å²) in [7, 11) is 0. The summed E-state index contributed by atoms with van der Waals surface area (Å²) in [6.45, 7) is 8.36. The first kappa shape index (κ1) is 10.2. The van der Waals surface area contributed by atoms with E-state index in [9.17, 15) is 0 Å². The lowest BCUT2D eigenvalue weighted by atomic mass is 10.2. The van der Waals surface area contributed by atoms with Crippen LogP contribution in [0.15, 0.2) is 0 Å². The first-order valence-corrected chi connectivity index (χ1v) is 5.25. The van der Waals surface area contributed by atoms with Gasteiger partial charge in [0, 0.05) is 18.9 Å². The Labute approximate surface area is 80.2 Å². The highest BCUT2D eigenvalue weighted by Crippen LogP contribution is 2.24. The molecule has 1 aromatic rings. The molecule has 0 bridgehead atoms. The first-order chi connectivity index (χ1) is 6.33. The molecule has 0 radical (unpaired) electrons. The van der Waals surface area contributed by atoms with Gasteiger partial charge in [0.25, 0.3) is 0 Å². The standard InChI is InChI=1S/C8H13N3.C2H6/c1-3-7-9-10-8-5-4-6(2)11(7)8;1-2/h6H,3-5H2,1-2H3;1-2H3. The van der Waals surface area contributed by atoms with Crippen LogP contribution in [0.1, 0.15) is 51.8 Å². The summed E-state index contributed by atoms with van der Waals surface area (Å²) in [5.41, 5.74) is 0. The summed E-state index contributed by atoms with van der Waals surface area (Å²) < 4.78 is 2.28. The minimum Gasteiger partial charge on any atom is -0.312 e. The van der Waals surface area contributed by atoms with E-state index in [-0.39, 0.29) is 0 Å². The van der Waals surface area contributed by atoms with Gasteiger partial charge in [-0.25, -0.2) is 0 Å². The van der Waals surface area contributed by atoms with Gasteiger partial charge >= 0.3 is 0 Å². The molecule has 13 heavy (non-hydrogen) atoms. The summed E-state index contributed by atoms with van der Waals surface area (Å²) in [6.07, 6.45) is 3.34. The Morgan fingerprint density at radius 1 is 1.38 bits per heavy atom. The zero-order valence-corrected chi connectivity index (χ0v) is 9.04. The van der Waals surface area contributed by atoms with Crippen molar-refractivity contribution in [3.05, 3.63) is 11.6 Å². The van der Waals surface area contributed by atoms with E-state index in [2.05, 4.69) is 28.6 Å². The number of hydrogen-bond acceptors (Lipinski definition) is 2. The summed E-state index contributed by atoms with van der Waals surface area (Å²) in [5, 5.41) is 8.25. The fraction of sp³-hybridized carbons (Fsp3) is 0.800. The molecule has 2 heterocycles. The van der Waals surface area contributed by atoms with Gasteiger partial charge in [0.1, 0.15) is 11.6 Å². The Hall–Kier alpha value is -0.860. The predicted octanol–water partition coefficient (Wildman–Crippen LogP) is 2.37. The van der Waals surface area contributed by atoms with Crippen LogP contribution in [0.3, 0.4) is 0 Å². The molecule has 0 spiro atoms. The van der Waals surface area contributed by atoms with Crippen LogP contribution >= 0.6 is 0 Å². The van der Waals surface area contributed by atoms with Gasteiger partial charge in [-0.2, -0.15) is 0 Å². The maximum atomic E-state index is 4.13. The van der Waals surface area contributed by atoms with E-state index in [0.29, 0.717) is 6.04 Å². The van der Waals surface area contributed by atoms with E-state index < -0.39 is 0 Å². The van der Waals surface area contributed by atoms with Crippen molar-refractivity contribution in [2.24, 2.45) is 0 Å². The van der Waals surface area contributed by atoms with Crippen LogP contribution in [0.25, 0.3) is 0 Å². The second-order valence-corrected chi connectivity index (χ2v) is 3.14. The van der Waals surface area contributed by atoms with Crippen LogP contribution in [-0.4, -0.2) is 14.8 Å². The molecule has 3 heteroatoms. The third-order valence-electron chi connectivity index (χ3n) is 2.38. The monoisotopic (exact) mass is 181 g/mol. The molecule has 1 aliphatic rings. The van der Waals surface area contributed by atoms with Gasteiger partial charge in [0.05, 0.1) is 0 Å². The number of aryl methyl sites for hydroxylation is 2. The minimum absolute atomic E-state index is 0.620. The number of aromatic nitrogens is 3. The second kappa shape index (κ2) is 4.40. The minimum atomic E-state index is 0.620. The average Bonchev–Trinajstić information content (AvgIpc) is 2.73. The highest BCUT2D eigenvalue weighted by molar-refractivity contribution is 5.03. The largest absolute Gasteiger partial charge is 0.312 e. The molecule has 0 fully saturated rings. The fourth-order valence-corrected chi connectivity index (χ4v) is 1.75. The van der Waals surface area contributed by atoms with E-state index in [4.69, 9.17) is 0 Å². The third-order valence-corrected chi connectivity index (χ3v) is 2.38. The molecule has 74 valence electrons. The second-order valence-electron chi connectivity index (χ2n) is 3.14. The van der Waals surface area contributed by atoms with Gasteiger partial charge in [0.2, 0.25) is 0 Å². The smallest absolute Gasteiger partial charge is 0.133 e. The number of hydrogen-bond donors (Lipinski definition) is 0. The number of rotatable bonds is 1. The van der Waals surface area contributed by atoms with Crippen LogP contribution in [0, 0.1) is 0 Å². The summed E-state index contributed by atoms with van der Waals surface area (Å²) in [6, 6.07) is 0.620.